The van der Waals surface area contributed by atoms with Gasteiger partial charge in [-0.15, -0.1) is 0 Å². The van der Waals surface area contributed by atoms with Crippen LogP contribution in [-0.4, -0.2) is 38.9 Å². The first-order valence-corrected chi connectivity index (χ1v) is 6.47. The minimum absolute atomic E-state index is 0.446. The van der Waals surface area contributed by atoms with Gasteiger partial charge in [0.2, 0.25) is 0 Å². The van der Waals surface area contributed by atoms with E-state index >= 15 is 0 Å². The molecule has 0 aliphatic rings. The maximum atomic E-state index is 11.4. The van der Waals surface area contributed by atoms with Crippen LogP contribution in [0.15, 0.2) is 30.3 Å². The van der Waals surface area contributed by atoms with Gasteiger partial charge in [-0.2, -0.15) is 0 Å². The molecule has 106 valence electrons. The van der Waals surface area contributed by atoms with Crippen molar-refractivity contribution in [3.05, 3.63) is 35.9 Å². The third kappa shape index (κ3) is 4.24. The lowest BCUT2D eigenvalue weighted by atomic mass is 9.97. The molecule has 0 spiro atoms. The largest absolute Gasteiger partial charge is 0.465 e. The highest BCUT2D eigenvalue weighted by Crippen LogP contribution is 2.20. The molecule has 0 saturated carbocycles. The number of rotatable bonds is 4. The van der Waals surface area contributed by atoms with E-state index in [9.17, 15) is 15.0 Å². The molecular weight excluding hydrogens is 242 g/mol. The Morgan fingerprint density at radius 2 is 1.79 bits per heavy atom. The van der Waals surface area contributed by atoms with E-state index in [1.165, 1.54) is 4.90 Å². The molecule has 1 aromatic carbocycles. The van der Waals surface area contributed by atoms with Crippen LogP contribution in [0.2, 0.25) is 0 Å². The van der Waals surface area contributed by atoms with Crippen molar-refractivity contribution in [2.45, 2.75) is 51.8 Å². The monoisotopic (exact) mass is 265 g/mol. The highest BCUT2D eigenvalue weighted by Gasteiger charge is 2.34. The standard InChI is InChI=1S/C15H23NO3/c1-11(16(14(18)19)15(2,3)4)13(17)10-12-8-6-5-7-9-12/h5-9,11,13,17H,10H2,1-4H3,(H,18,19)/t11?,13-/m1/s1. The zero-order valence-electron chi connectivity index (χ0n) is 12.0. The van der Waals surface area contributed by atoms with Gasteiger partial charge in [-0.3, -0.25) is 4.90 Å². The number of carboxylic acid groups (broad SMARTS) is 1. The summed E-state index contributed by atoms with van der Waals surface area (Å²) in [4.78, 5) is 12.7. The molecule has 1 rings (SSSR count). The molecule has 1 amide bonds. The first kappa shape index (κ1) is 15.5. The van der Waals surface area contributed by atoms with Gasteiger partial charge < -0.3 is 10.2 Å². The fourth-order valence-electron chi connectivity index (χ4n) is 2.27. The number of carbonyl (C=O) groups is 1. The Morgan fingerprint density at radius 3 is 2.21 bits per heavy atom. The summed E-state index contributed by atoms with van der Waals surface area (Å²) in [6, 6.07) is 9.13. The SMILES string of the molecule is CC([C@H](O)Cc1ccccc1)N(C(=O)O)C(C)(C)C. The predicted molar refractivity (Wildman–Crippen MR) is 75.2 cm³/mol. The topological polar surface area (TPSA) is 60.8 Å². The summed E-state index contributed by atoms with van der Waals surface area (Å²) in [5.74, 6) is 0. The third-order valence-electron chi connectivity index (χ3n) is 3.18. The lowest BCUT2D eigenvalue weighted by Gasteiger charge is -2.40. The van der Waals surface area contributed by atoms with E-state index < -0.39 is 23.8 Å². The van der Waals surface area contributed by atoms with Crippen molar-refractivity contribution < 1.29 is 15.0 Å². The molecule has 0 heterocycles. The Balaban J connectivity index is 2.80. The van der Waals surface area contributed by atoms with Crippen LogP contribution in [0.25, 0.3) is 0 Å². The molecule has 1 aromatic rings. The molecule has 2 atom stereocenters. The van der Waals surface area contributed by atoms with Crippen LogP contribution in [-0.2, 0) is 6.42 Å². The van der Waals surface area contributed by atoms with E-state index in [0.717, 1.165) is 5.56 Å². The Kier molecular flexibility index (Phi) is 4.95. The Morgan fingerprint density at radius 1 is 1.26 bits per heavy atom. The lowest BCUT2D eigenvalue weighted by molar-refractivity contribution is 0.0152. The van der Waals surface area contributed by atoms with E-state index in [4.69, 9.17) is 0 Å². The molecular formula is C15H23NO3. The number of aliphatic hydroxyl groups is 1. The van der Waals surface area contributed by atoms with Crippen molar-refractivity contribution in [2.24, 2.45) is 0 Å². The van der Waals surface area contributed by atoms with Crippen molar-refractivity contribution in [3.8, 4) is 0 Å². The third-order valence-corrected chi connectivity index (χ3v) is 3.18. The first-order valence-electron chi connectivity index (χ1n) is 6.47. The summed E-state index contributed by atoms with van der Waals surface area (Å²) in [6.45, 7) is 7.22. The maximum absolute atomic E-state index is 11.4. The molecule has 0 fully saturated rings. The first-order chi connectivity index (χ1) is 8.73. The molecule has 4 heteroatoms. The second-order valence-electron chi connectivity index (χ2n) is 5.82. The minimum atomic E-state index is -1.01. The second kappa shape index (κ2) is 6.06. The smallest absolute Gasteiger partial charge is 0.408 e. The highest BCUT2D eigenvalue weighted by atomic mass is 16.4. The fraction of sp³-hybridized carbons (Fsp3) is 0.533. The molecule has 2 N–H and O–H groups in total. The molecule has 1 unspecified atom stereocenters. The molecule has 0 aromatic heterocycles. The number of amides is 1. The maximum Gasteiger partial charge on any atom is 0.408 e. The Hall–Kier alpha value is -1.55. The summed E-state index contributed by atoms with van der Waals surface area (Å²) in [5, 5.41) is 19.6. The summed E-state index contributed by atoms with van der Waals surface area (Å²) in [6.07, 6.45) is -1.29. The number of benzene rings is 1. The van der Waals surface area contributed by atoms with Crippen molar-refractivity contribution in [2.75, 3.05) is 0 Å². The summed E-state index contributed by atoms with van der Waals surface area (Å²) < 4.78 is 0. The molecule has 0 radical (unpaired) electrons. The quantitative estimate of drug-likeness (QED) is 0.880. The van der Waals surface area contributed by atoms with Crippen LogP contribution in [0, 0.1) is 0 Å². The molecule has 19 heavy (non-hydrogen) atoms. The van der Waals surface area contributed by atoms with Crippen molar-refractivity contribution in [3.63, 3.8) is 0 Å². The van der Waals surface area contributed by atoms with Crippen molar-refractivity contribution in [1.29, 1.82) is 0 Å². The average Bonchev–Trinajstić information content (AvgIpc) is 2.27. The van der Waals surface area contributed by atoms with Gasteiger partial charge in [0.15, 0.2) is 0 Å². The number of hydrogen-bond donors (Lipinski definition) is 2. The molecule has 0 aliphatic carbocycles. The number of aliphatic hydroxyl groups excluding tert-OH is 1. The van der Waals surface area contributed by atoms with Gasteiger partial charge >= 0.3 is 6.09 Å². The van der Waals surface area contributed by atoms with Gasteiger partial charge in [0.05, 0.1) is 12.1 Å². The van der Waals surface area contributed by atoms with E-state index in [0.29, 0.717) is 6.42 Å². The molecule has 0 saturated heterocycles. The number of hydrogen-bond acceptors (Lipinski definition) is 2. The van der Waals surface area contributed by atoms with Crippen LogP contribution < -0.4 is 0 Å². The van der Waals surface area contributed by atoms with Crippen LogP contribution in [0.4, 0.5) is 4.79 Å². The number of nitrogens with zero attached hydrogens (tertiary/aromatic N) is 1. The normalized spacial score (nSPS) is 14.8. The van der Waals surface area contributed by atoms with Gasteiger partial charge in [0.25, 0.3) is 0 Å². The van der Waals surface area contributed by atoms with E-state index in [2.05, 4.69) is 0 Å². The van der Waals surface area contributed by atoms with E-state index in [-0.39, 0.29) is 0 Å². The van der Waals surface area contributed by atoms with Crippen LogP contribution in [0.3, 0.4) is 0 Å². The average molecular weight is 265 g/mol. The highest BCUT2D eigenvalue weighted by molar-refractivity contribution is 5.66. The summed E-state index contributed by atoms with van der Waals surface area (Å²) >= 11 is 0. The van der Waals surface area contributed by atoms with E-state index in [1.54, 1.807) is 6.92 Å². The van der Waals surface area contributed by atoms with Gasteiger partial charge in [0.1, 0.15) is 0 Å². The zero-order chi connectivity index (χ0) is 14.6. The van der Waals surface area contributed by atoms with Crippen molar-refractivity contribution >= 4 is 6.09 Å². The van der Waals surface area contributed by atoms with Crippen molar-refractivity contribution in [1.82, 2.24) is 4.90 Å². The van der Waals surface area contributed by atoms with E-state index in [1.807, 2.05) is 51.1 Å². The van der Waals surface area contributed by atoms with Gasteiger partial charge in [-0.25, -0.2) is 4.79 Å². The van der Waals surface area contributed by atoms with Gasteiger partial charge in [-0.05, 0) is 33.3 Å². The molecule has 0 bridgehead atoms. The Labute approximate surface area is 114 Å². The van der Waals surface area contributed by atoms with Gasteiger partial charge in [0, 0.05) is 12.0 Å². The lowest BCUT2D eigenvalue weighted by Crippen LogP contribution is -2.54. The van der Waals surface area contributed by atoms with Crippen LogP contribution >= 0.6 is 0 Å². The summed E-state index contributed by atoms with van der Waals surface area (Å²) in [5.41, 5.74) is 0.462. The fourth-order valence-corrected chi connectivity index (χ4v) is 2.27. The summed E-state index contributed by atoms with van der Waals surface area (Å²) in [7, 11) is 0. The molecule has 0 aliphatic heterocycles. The molecule has 4 nitrogen and oxygen atoms in total. The Bertz CT molecular complexity index is 411. The van der Waals surface area contributed by atoms with Crippen LogP contribution in [0.5, 0.6) is 0 Å². The predicted octanol–water partition coefficient (Wildman–Crippen LogP) is 2.76. The second-order valence-corrected chi connectivity index (χ2v) is 5.82. The van der Waals surface area contributed by atoms with Gasteiger partial charge in [-0.1, -0.05) is 30.3 Å². The van der Waals surface area contributed by atoms with Crippen LogP contribution in [0.1, 0.15) is 33.3 Å². The minimum Gasteiger partial charge on any atom is -0.465 e. The zero-order valence-corrected chi connectivity index (χ0v) is 12.0.